The van der Waals surface area contributed by atoms with Gasteiger partial charge in [-0.15, -0.1) is 11.3 Å². The Hall–Kier alpha value is -2.97. The number of amides is 3. The van der Waals surface area contributed by atoms with Crippen LogP contribution in [0.15, 0.2) is 47.8 Å². The summed E-state index contributed by atoms with van der Waals surface area (Å²) in [5.74, 6) is -0.588. The fourth-order valence-corrected chi connectivity index (χ4v) is 4.28. The minimum absolute atomic E-state index is 0.218. The lowest BCUT2D eigenvalue weighted by molar-refractivity contribution is 0.0667. The molecule has 3 amide bonds. The third kappa shape index (κ3) is 4.70. The van der Waals surface area contributed by atoms with E-state index in [-0.39, 0.29) is 23.4 Å². The topological polar surface area (TPSA) is 65.5 Å². The molecular weight excluding hydrogens is 439 g/mol. The first-order chi connectivity index (χ1) is 14.9. The van der Waals surface area contributed by atoms with Crippen molar-refractivity contribution in [2.45, 2.75) is 6.92 Å². The van der Waals surface area contributed by atoms with Gasteiger partial charge in [0.25, 0.3) is 5.91 Å². The molecule has 1 aliphatic heterocycles. The zero-order chi connectivity index (χ0) is 22.0. The van der Waals surface area contributed by atoms with Crippen molar-refractivity contribution in [2.24, 2.45) is 0 Å². The van der Waals surface area contributed by atoms with Crippen LogP contribution in [0.2, 0.25) is 5.02 Å². The van der Waals surface area contributed by atoms with Gasteiger partial charge in [-0.2, -0.15) is 0 Å². The highest BCUT2D eigenvalue weighted by atomic mass is 35.5. The van der Waals surface area contributed by atoms with Gasteiger partial charge in [0.05, 0.1) is 0 Å². The van der Waals surface area contributed by atoms with Gasteiger partial charge in [0, 0.05) is 47.8 Å². The fourth-order valence-electron chi connectivity index (χ4n) is 3.28. The van der Waals surface area contributed by atoms with Crippen LogP contribution in [-0.4, -0.2) is 52.9 Å². The number of thiazole rings is 1. The molecule has 0 radical (unpaired) electrons. The lowest BCUT2D eigenvalue weighted by Gasteiger charge is -2.34. The van der Waals surface area contributed by atoms with Gasteiger partial charge in [-0.1, -0.05) is 29.8 Å². The lowest BCUT2D eigenvalue weighted by Crippen LogP contribution is -2.51. The SMILES string of the molecule is Cc1ccc(NC(=O)N2CCN(C(=O)c3csc(-c4ccccc4F)n3)CC2)cc1Cl. The molecule has 1 aliphatic rings. The first kappa shape index (κ1) is 21.3. The first-order valence-electron chi connectivity index (χ1n) is 9.74. The summed E-state index contributed by atoms with van der Waals surface area (Å²) in [5.41, 5.74) is 2.23. The molecule has 6 nitrogen and oxygen atoms in total. The Labute approximate surface area is 188 Å². The molecule has 0 bridgehead atoms. The number of aryl methyl sites for hydroxylation is 1. The summed E-state index contributed by atoms with van der Waals surface area (Å²) in [4.78, 5) is 33.0. The van der Waals surface area contributed by atoms with Crippen molar-refractivity contribution in [1.82, 2.24) is 14.8 Å². The second-order valence-electron chi connectivity index (χ2n) is 7.19. The molecule has 3 aromatic rings. The van der Waals surface area contributed by atoms with E-state index < -0.39 is 0 Å². The predicted octanol–water partition coefficient (Wildman–Crippen LogP) is 4.90. The summed E-state index contributed by atoms with van der Waals surface area (Å²) in [5, 5.41) is 5.54. The van der Waals surface area contributed by atoms with Gasteiger partial charge in [-0.25, -0.2) is 14.2 Å². The van der Waals surface area contributed by atoms with Crippen LogP contribution in [0.3, 0.4) is 0 Å². The Morgan fingerprint density at radius 3 is 2.52 bits per heavy atom. The van der Waals surface area contributed by atoms with E-state index in [0.717, 1.165) is 5.56 Å². The molecule has 9 heteroatoms. The van der Waals surface area contributed by atoms with Crippen LogP contribution in [0.5, 0.6) is 0 Å². The normalized spacial score (nSPS) is 13.9. The zero-order valence-corrected chi connectivity index (χ0v) is 18.3. The van der Waals surface area contributed by atoms with Crippen LogP contribution in [0.25, 0.3) is 10.6 Å². The van der Waals surface area contributed by atoms with Crippen molar-refractivity contribution < 1.29 is 14.0 Å². The van der Waals surface area contributed by atoms with Crippen LogP contribution in [0, 0.1) is 12.7 Å². The number of aromatic nitrogens is 1. The zero-order valence-electron chi connectivity index (χ0n) is 16.8. The molecule has 4 rings (SSSR count). The number of carbonyl (C=O) groups excluding carboxylic acids is 2. The Bertz CT molecular complexity index is 1130. The molecule has 1 saturated heterocycles. The smallest absolute Gasteiger partial charge is 0.321 e. The van der Waals surface area contributed by atoms with E-state index in [1.165, 1.54) is 17.4 Å². The van der Waals surface area contributed by atoms with Gasteiger partial charge < -0.3 is 15.1 Å². The van der Waals surface area contributed by atoms with Crippen molar-refractivity contribution in [2.75, 3.05) is 31.5 Å². The van der Waals surface area contributed by atoms with Crippen molar-refractivity contribution in [3.8, 4) is 10.6 Å². The number of hydrogen-bond donors (Lipinski definition) is 1. The van der Waals surface area contributed by atoms with E-state index >= 15 is 0 Å². The number of piperazine rings is 1. The van der Waals surface area contributed by atoms with E-state index in [1.807, 2.05) is 13.0 Å². The minimum Gasteiger partial charge on any atom is -0.334 e. The number of nitrogens with one attached hydrogen (secondary N) is 1. The largest absolute Gasteiger partial charge is 0.334 e. The van der Waals surface area contributed by atoms with Gasteiger partial charge >= 0.3 is 6.03 Å². The summed E-state index contributed by atoms with van der Waals surface area (Å²) in [6.45, 7) is 3.50. The Morgan fingerprint density at radius 2 is 1.81 bits per heavy atom. The molecule has 0 unspecified atom stereocenters. The van der Waals surface area contributed by atoms with Crippen LogP contribution < -0.4 is 5.32 Å². The maximum absolute atomic E-state index is 14.0. The average molecular weight is 459 g/mol. The number of carbonyl (C=O) groups is 2. The third-order valence-corrected chi connectivity index (χ3v) is 6.39. The fraction of sp³-hybridized carbons (Fsp3) is 0.227. The van der Waals surface area contributed by atoms with E-state index in [9.17, 15) is 14.0 Å². The molecule has 2 aromatic carbocycles. The minimum atomic E-state index is -0.370. The average Bonchev–Trinajstić information content (AvgIpc) is 3.26. The number of anilines is 1. The predicted molar refractivity (Wildman–Crippen MR) is 120 cm³/mol. The summed E-state index contributed by atoms with van der Waals surface area (Å²) in [7, 11) is 0. The second-order valence-corrected chi connectivity index (χ2v) is 8.46. The number of halogens is 2. The van der Waals surface area contributed by atoms with Crippen molar-refractivity contribution in [1.29, 1.82) is 0 Å². The standard InChI is InChI=1S/C22H20ClFN4O2S/c1-14-6-7-15(12-17(14)23)25-22(30)28-10-8-27(9-11-28)21(29)19-13-31-20(26-19)16-4-2-3-5-18(16)24/h2-7,12-13H,8-11H2,1H3,(H,25,30). The van der Waals surface area contributed by atoms with Gasteiger partial charge in [-0.05, 0) is 36.8 Å². The number of nitrogens with zero attached hydrogens (tertiary/aromatic N) is 3. The number of hydrogen-bond acceptors (Lipinski definition) is 4. The van der Waals surface area contributed by atoms with E-state index in [1.54, 1.807) is 45.5 Å². The van der Waals surface area contributed by atoms with E-state index in [2.05, 4.69) is 10.3 Å². The van der Waals surface area contributed by atoms with Gasteiger partial charge in [-0.3, -0.25) is 4.79 Å². The quantitative estimate of drug-likeness (QED) is 0.607. The summed E-state index contributed by atoms with van der Waals surface area (Å²) < 4.78 is 14.0. The summed E-state index contributed by atoms with van der Waals surface area (Å²) in [6, 6.07) is 11.5. The molecule has 1 fully saturated rings. The maximum Gasteiger partial charge on any atom is 0.321 e. The van der Waals surface area contributed by atoms with Crippen molar-refractivity contribution >= 4 is 40.6 Å². The Morgan fingerprint density at radius 1 is 1.10 bits per heavy atom. The molecule has 2 heterocycles. The number of benzene rings is 2. The molecule has 0 aliphatic carbocycles. The van der Waals surface area contributed by atoms with Crippen LogP contribution in [-0.2, 0) is 0 Å². The molecule has 31 heavy (non-hydrogen) atoms. The molecule has 1 aromatic heterocycles. The molecule has 0 saturated carbocycles. The monoisotopic (exact) mass is 458 g/mol. The highest BCUT2D eigenvalue weighted by molar-refractivity contribution is 7.13. The third-order valence-electron chi connectivity index (χ3n) is 5.10. The van der Waals surface area contributed by atoms with E-state index in [4.69, 9.17) is 11.6 Å². The molecule has 0 atom stereocenters. The highest BCUT2D eigenvalue weighted by Gasteiger charge is 2.26. The van der Waals surface area contributed by atoms with Crippen molar-refractivity contribution in [3.63, 3.8) is 0 Å². The van der Waals surface area contributed by atoms with Gasteiger partial charge in [0.15, 0.2) is 0 Å². The Kier molecular flexibility index (Phi) is 6.20. The Balaban J connectivity index is 1.35. The second kappa shape index (κ2) is 9.03. The summed E-state index contributed by atoms with van der Waals surface area (Å²) in [6.07, 6.45) is 0. The number of urea groups is 1. The van der Waals surface area contributed by atoms with Crippen LogP contribution >= 0.6 is 22.9 Å². The number of rotatable bonds is 3. The van der Waals surface area contributed by atoms with Crippen LogP contribution in [0.1, 0.15) is 16.1 Å². The van der Waals surface area contributed by atoms with Gasteiger partial charge in [0.2, 0.25) is 0 Å². The van der Waals surface area contributed by atoms with Crippen molar-refractivity contribution in [3.05, 3.63) is 69.9 Å². The molecular formula is C22H20ClFN4O2S. The molecule has 0 spiro atoms. The van der Waals surface area contributed by atoms with E-state index in [0.29, 0.717) is 47.5 Å². The summed E-state index contributed by atoms with van der Waals surface area (Å²) >= 11 is 7.34. The molecule has 160 valence electrons. The molecule has 1 N–H and O–H groups in total. The lowest BCUT2D eigenvalue weighted by atomic mass is 10.2. The maximum atomic E-state index is 14.0. The first-order valence-corrected chi connectivity index (χ1v) is 11.0. The highest BCUT2D eigenvalue weighted by Crippen LogP contribution is 2.27. The van der Waals surface area contributed by atoms with Crippen LogP contribution in [0.4, 0.5) is 14.9 Å². The van der Waals surface area contributed by atoms with Gasteiger partial charge in [0.1, 0.15) is 16.5 Å².